The number of carbonyl (C=O) groups is 2. The molecule has 1 aliphatic rings. The lowest BCUT2D eigenvalue weighted by molar-refractivity contribution is -0.149. The van der Waals surface area contributed by atoms with Crippen molar-refractivity contribution in [2.45, 2.75) is 85.0 Å². The maximum atomic E-state index is 12.4. The van der Waals surface area contributed by atoms with Crippen molar-refractivity contribution in [2.24, 2.45) is 17.3 Å². The second-order valence-corrected chi connectivity index (χ2v) is 14.5. The van der Waals surface area contributed by atoms with Gasteiger partial charge in [0.25, 0.3) is 0 Å². The fourth-order valence-electron chi connectivity index (χ4n) is 3.47. The molecule has 0 unspecified atom stereocenters. The Morgan fingerprint density at radius 1 is 1.27 bits per heavy atom. The van der Waals surface area contributed by atoms with Crippen LogP contribution in [0.3, 0.4) is 0 Å². The van der Waals surface area contributed by atoms with Crippen molar-refractivity contribution >= 4 is 20.1 Å². The molecule has 0 aromatic rings. The predicted molar refractivity (Wildman–Crippen MR) is 109 cm³/mol. The molecule has 0 radical (unpaired) electrons. The van der Waals surface area contributed by atoms with Gasteiger partial charge in [-0.2, -0.15) is 0 Å². The largest absolute Gasteiger partial charge is 0.462 e. The SMILES string of the molecule is C=C[C@H]1[C@@H]([C@@H](CC(=O)CCCO[Si](C)(C)C(C)(C)C)OC(C)=O)C1(C)C. The first kappa shape index (κ1) is 23.1. The van der Waals surface area contributed by atoms with Crippen molar-refractivity contribution in [3.05, 3.63) is 12.7 Å². The second-order valence-electron chi connectivity index (χ2n) is 9.71. The Balaban J connectivity index is 2.51. The zero-order valence-electron chi connectivity index (χ0n) is 18.0. The average molecular weight is 383 g/mol. The molecule has 0 saturated heterocycles. The van der Waals surface area contributed by atoms with Crippen LogP contribution < -0.4 is 0 Å². The van der Waals surface area contributed by atoms with Gasteiger partial charge in [0.15, 0.2) is 8.32 Å². The molecule has 1 saturated carbocycles. The maximum Gasteiger partial charge on any atom is 0.302 e. The van der Waals surface area contributed by atoms with Gasteiger partial charge in [0.1, 0.15) is 11.9 Å². The van der Waals surface area contributed by atoms with Crippen LogP contribution in [0, 0.1) is 17.3 Å². The zero-order valence-corrected chi connectivity index (χ0v) is 19.0. The third kappa shape index (κ3) is 5.78. The van der Waals surface area contributed by atoms with E-state index in [9.17, 15) is 9.59 Å². The van der Waals surface area contributed by atoms with E-state index in [1.807, 2.05) is 6.08 Å². The molecule has 1 rings (SSSR count). The summed E-state index contributed by atoms with van der Waals surface area (Å²) in [5, 5.41) is 0.175. The molecule has 0 aromatic carbocycles. The van der Waals surface area contributed by atoms with Crippen LogP contribution in [-0.2, 0) is 18.8 Å². The van der Waals surface area contributed by atoms with Crippen LogP contribution in [-0.4, -0.2) is 32.8 Å². The van der Waals surface area contributed by atoms with Gasteiger partial charge in [-0.3, -0.25) is 9.59 Å². The number of rotatable bonds is 10. The van der Waals surface area contributed by atoms with Crippen LogP contribution in [0.2, 0.25) is 18.1 Å². The van der Waals surface area contributed by atoms with Gasteiger partial charge < -0.3 is 9.16 Å². The molecule has 0 bridgehead atoms. The Kier molecular flexibility index (Phi) is 7.45. The van der Waals surface area contributed by atoms with Gasteiger partial charge in [0, 0.05) is 32.3 Å². The topological polar surface area (TPSA) is 52.6 Å². The summed E-state index contributed by atoms with van der Waals surface area (Å²) in [5.41, 5.74) is 0.0353. The summed E-state index contributed by atoms with van der Waals surface area (Å²) in [6, 6.07) is 0. The number of esters is 1. The highest BCUT2D eigenvalue weighted by molar-refractivity contribution is 6.74. The molecule has 0 N–H and O–H groups in total. The third-order valence-electron chi connectivity index (χ3n) is 6.27. The lowest BCUT2D eigenvalue weighted by Crippen LogP contribution is -2.41. The van der Waals surface area contributed by atoms with Crippen molar-refractivity contribution in [3.63, 3.8) is 0 Å². The van der Waals surface area contributed by atoms with Gasteiger partial charge in [-0.1, -0.05) is 40.7 Å². The Labute approximate surface area is 160 Å². The van der Waals surface area contributed by atoms with Gasteiger partial charge in [-0.15, -0.1) is 6.58 Å². The number of ether oxygens (including phenoxy) is 1. The molecular formula is C21H38O4Si. The van der Waals surface area contributed by atoms with Gasteiger partial charge >= 0.3 is 5.97 Å². The minimum atomic E-state index is -1.76. The quantitative estimate of drug-likeness (QED) is 0.227. The Morgan fingerprint density at radius 2 is 1.85 bits per heavy atom. The van der Waals surface area contributed by atoms with E-state index in [0.717, 1.165) is 6.42 Å². The molecule has 26 heavy (non-hydrogen) atoms. The zero-order chi connectivity index (χ0) is 20.3. The van der Waals surface area contributed by atoms with E-state index in [2.05, 4.69) is 54.3 Å². The molecule has 0 spiro atoms. The Hall–Kier alpha value is -0.943. The summed E-state index contributed by atoms with van der Waals surface area (Å²) in [7, 11) is -1.76. The molecule has 5 heteroatoms. The fraction of sp³-hybridized carbons (Fsp3) is 0.810. The number of carbonyl (C=O) groups excluding carboxylic acids is 2. The third-order valence-corrected chi connectivity index (χ3v) is 10.8. The fourth-order valence-corrected chi connectivity index (χ4v) is 4.56. The highest BCUT2D eigenvalue weighted by Crippen LogP contribution is 2.61. The number of hydrogen-bond donors (Lipinski definition) is 0. The number of allylic oxidation sites excluding steroid dienone is 1. The number of hydrogen-bond acceptors (Lipinski definition) is 4. The molecule has 0 aliphatic heterocycles. The normalized spacial score (nSPS) is 23.2. The monoisotopic (exact) mass is 382 g/mol. The molecule has 1 aliphatic carbocycles. The lowest BCUT2D eigenvalue weighted by Gasteiger charge is -2.36. The van der Waals surface area contributed by atoms with Crippen LogP contribution >= 0.6 is 0 Å². The van der Waals surface area contributed by atoms with E-state index in [0.29, 0.717) is 18.9 Å². The van der Waals surface area contributed by atoms with Crippen LogP contribution in [0.4, 0.5) is 0 Å². The van der Waals surface area contributed by atoms with Crippen molar-refractivity contribution in [2.75, 3.05) is 6.61 Å². The van der Waals surface area contributed by atoms with E-state index in [-0.39, 0.29) is 40.6 Å². The van der Waals surface area contributed by atoms with Crippen LogP contribution in [0.5, 0.6) is 0 Å². The first-order valence-electron chi connectivity index (χ1n) is 9.69. The van der Waals surface area contributed by atoms with Gasteiger partial charge in [0.2, 0.25) is 0 Å². The molecule has 0 heterocycles. The molecule has 3 atom stereocenters. The highest BCUT2D eigenvalue weighted by Gasteiger charge is 2.60. The summed E-state index contributed by atoms with van der Waals surface area (Å²) >= 11 is 0. The van der Waals surface area contributed by atoms with Crippen molar-refractivity contribution in [1.29, 1.82) is 0 Å². The number of Topliss-reactive ketones (excluding diaryl/α,β-unsaturated/α-hetero) is 1. The molecular weight excluding hydrogens is 344 g/mol. The standard InChI is InChI=1S/C21H38O4Si/c1-10-17-19(21(17,6)7)18(25-15(2)22)14-16(23)12-11-13-24-26(8,9)20(3,4)5/h10,17-19H,1,11-14H2,2-9H3/t17-,18+,19-/m0/s1. The highest BCUT2D eigenvalue weighted by atomic mass is 28.4. The average Bonchev–Trinajstić information content (AvgIpc) is 3.02. The molecule has 0 aromatic heterocycles. The van der Waals surface area contributed by atoms with Gasteiger partial charge in [-0.25, -0.2) is 0 Å². The predicted octanol–water partition coefficient (Wildman–Crippen LogP) is 5.14. The van der Waals surface area contributed by atoms with E-state index in [4.69, 9.17) is 9.16 Å². The van der Waals surface area contributed by atoms with Crippen molar-refractivity contribution in [3.8, 4) is 0 Å². The summed E-state index contributed by atoms with van der Waals surface area (Å²) in [6.45, 7) is 21.2. The second kappa shape index (κ2) is 8.38. The molecule has 1 fully saturated rings. The lowest BCUT2D eigenvalue weighted by atomic mass is 10.00. The van der Waals surface area contributed by atoms with E-state index >= 15 is 0 Å². The Bertz CT molecular complexity index is 531. The summed E-state index contributed by atoms with van der Waals surface area (Å²) in [5.74, 6) is 0.285. The van der Waals surface area contributed by atoms with Gasteiger partial charge in [-0.05, 0) is 35.9 Å². The van der Waals surface area contributed by atoms with Crippen molar-refractivity contribution < 1.29 is 18.8 Å². The first-order valence-corrected chi connectivity index (χ1v) is 12.6. The first-order chi connectivity index (χ1) is 11.7. The minimum absolute atomic E-state index is 0.0353. The molecule has 150 valence electrons. The molecule has 0 amide bonds. The van der Waals surface area contributed by atoms with Gasteiger partial charge in [0.05, 0.1) is 0 Å². The van der Waals surface area contributed by atoms with Crippen molar-refractivity contribution in [1.82, 2.24) is 0 Å². The van der Waals surface area contributed by atoms with Crippen LogP contribution in [0.25, 0.3) is 0 Å². The minimum Gasteiger partial charge on any atom is -0.462 e. The smallest absolute Gasteiger partial charge is 0.302 e. The van der Waals surface area contributed by atoms with E-state index < -0.39 is 8.32 Å². The Morgan fingerprint density at radius 3 is 2.27 bits per heavy atom. The van der Waals surface area contributed by atoms with Crippen LogP contribution in [0.1, 0.15) is 60.8 Å². The maximum absolute atomic E-state index is 12.4. The van der Waals surface area contributed by atoms with Crippen LogP contribution in [0.15, 0.2) is 12.7 Å². The molecule has 4 nitrogen and oxygen atoms in total. The summed E-state index contributed by atoms with van der Waals surface area (Å²) in [4.78, 5) is 23.9. The van der Waals surface area contributed by atoms with E-state index in [1.165, 1.54) is 6.92 Å². The number of ketones is 1. The summed E-state index contributed by atoms with van der Waals surface area (Å²) < 4.78 is 11.6. The summed E-state index contributed by atoms with van der Waals surface area (Å²) in [6.07, 6.45) is 3.05. The van der Waals surface area contributed by atoms with E-state index in [1.54, 1.807) is 0 Å².